The van der Waals surface area contributed by atoms with Crippen LogP contribution in [0.25, 0.3) is 0 Å². The second-order valence-electron chi connectivity index (χ2n) is 6.84. The molecule has 0 heterocycles. The quantitative estimate of drug-likeness (QED) is 0.863. The first-order valence-corrected chi connectivity index (χ1v) is 7.96. The fraction of sp³-hybridized carbons (Fsp3) is 0.556. The third kappa shape index (κ3) is 3.49. The molecule has 0 spiro atoms. The van der Waals surface area contributed by atoms with Crippen molar-refractivity contribution in [3.63, 3.8) is 0 Å². The number of nitrogens with one attached hydrogen (secondary N) is 1. The summed E-state index contributed by atoms with van der Waals surface area (Å²) in [7, 11) is 0. The third-order valence-electron chi connectivity index (χ3n) is 4.98. The molecule has 0 saturated heterocycles. The number of anilines is 1. The van der Waals surface area contributed by atoms with E-state index in [-0.39, 0.29) is 5.91 Å². The average molecular weight is 303 g/mol. The van der Waals surface area contributed by atoms with Gasteiger partial charge in [-0.05, 0) is 43.4 Å². The van der Waals surface area contributed by atoms with E-state index < -0.39 is 17.3 Å². The van der Waals surface area contributed by atoms with E-state index in [1.807, 2.05) is 13.8 Å². The number of carboxylic acids is 1. The largest absolute Gasteiger partial charge is 0.481 e. The van der Waals surface area contributed by atoms with Crippen molar-refractivity contribution in [2.75, 3.05) is 5.32 Å². The number of aliphatic carboxylic acids is 1. The fourth-order valence-corrected chi connectivity index (χ4v) is 3.15. The number of benzene rings is 1. The molecule has 0 aromatic heterocycles. The molecule has 2 N–H and O–H groups in total. The maximum Gasteiger partial charge on any atom is 0.310 e. The van der Waals surface area contributed by atoms with Crippen LogP contribution in [0.2, 0.25) is 0 Å². The fourth-order valence-electron chi connectivity index (χ4n) is 3.15. The lowest BCUT2D eigenvalue weighted by molar-refractivity contribution is -0.138. The summed E-state index contributed by atoms with van der Waals surface area (Å²) in [4.78, 5) is 23.7. The highest BCUT2D eigenvalue weighted by atomic mass is 16.4. The molecule has 4 nitrogen and oxygen atoms in total. The Kier molecular flexibility index (Phi) is 4.89. The molecule has 1 saturated carbocycles. The molecule has 1 atom stereocenters. The lowest BCUT2D eigenvalue weighted by Gasteiger charge is -2.30. The van der Waals surface area contributed by atoms with Gasteiger partial charge in [-0.1, -0.05) is 38.8 Å². The van der Waals surface area contributed by atoms with Crippen molar-refractivity contribution in [3.05, 3.63) is 29.8 Å². The van der Waals surface area contributed by atoms with Crippen LogP contribution in [0.5, 0.6) is 0 Å². The van der Waals surface area contributed by atoms with Gasteiger partial charge in [0.2, 0.25) is 5.91 Å². The van der Waals surface area contributed by atoms with Gasteiger partial charge in [-0.3, -0.25) is 9.59 Å². The molecule has 4 heteroatoms. The van der Waals surface area contributed by atoms with Gasteiger partial charge in [-0.25, -0.2) is 0 Å². The summed E-state index contributed by atoms with van der Waals surface area (Å²) in [5, 5.41) is 12.1. The molecule has 1 aromatic carbocycles. The van der Waals surface area contributed by atoms with E-state index in [0.29, 0.717) is 17.2 Å². The molecule has 120 valence electrons. The monoisotopic (exact) mass is 303 g/mol. The van der Waals surface area contributed by atoms with Gasteiger partial charge >= 0.3 is 5.97 Å². The van der Waals surface area contributed by atoms with E-state index in [1.165, 1.54) is 12.8 Å². The van der Waals surface area contributed by atoms with E-state index in [1.54, 1.807) is 31.2 Å². The van der Waals surface area contributed by atoms with Crippen LogP contribution in [-0.4, -0.2) is 17.0 Å². The smallest absolute Gasteiger partial charge is 0.310 e. The molecule has 1 aliphatic rings. The predicted octanol–water partition coefficient (Wildman–Crippen LogP) is 4.03. The zero-order valence-electron chi connectivity index (χ0n) is 13.6. The summed E-state index contributed by atoms with van der Waals surface area (Å²) in [6, 6.07) is 7.12. The second kappa shape index (κ2) is 6.51. The van der Waals surface area contributed by atoms with Crippen molar-refractivity contribution >= 4 is 17.6 Å². The van der Waals surface area contributed by atoms with Crippen LogP contribution in [0, 0.1) is 11.3 Å². The van der Waals surface area contributed by atoms with E-state index in [0.717, 1.165) is 12.8 Å². The lowest BCUT2D eigenvalue weighted by Crippen LogP contribution is -2.36. The van der Waals surface area contributed by atoms with Crippen LogP contribution in [0.3, 0.4) is 0 Å². The number of carbonyl (C=O) groups excluding carboxylic acids is 1. The Hall–Kier alpha value is -1.84. The first-order valence-electron chi connectivity index (χ1n) is 7.96. The van der Waals surface area contributed by atoms with Crippen molar-refractivity contribution in [2.24, 2.45) is 11.3 Å². The van der Waals surface area contributed by atoms with Crippen LogP contribution in [0.4, 0.5) is 5.69 Å². The third-order valence-corrected chi connectivity index (χ3v) is 4.98. The number of hydrogen-bond donors (Lipinski definition) is 2. The molecule has 22 heavy (non-hydrogen) atoms. The summed E-state index contributed by atoms with van der Waals surface area (Å²) >= 11 is 0. The van der Waals surface area contributed by atoms with Gasteiger partial charge in [0.1, 0.15) is 0 Å². The van der Waals surface area contributed by atoms with Gasteiger partial charge in [0.05, 0.1) is 5.92 Å². The molecule has 1 aliphatic carbocycles. The normalized spacial score (nSPS) is 17.2. The van der Waals surface area contributed by atoms with E-state index in [4.69, 9.17) is 5.11 Å². The summed E-state index contributed by atoms with van der Waals surface area (Å²) in [6.07, 6.45) is 4.62. The van der Waals surface area contributed by atoms with Crippen LogP contribution >= 0.6 is 0 Å². The number of carbonyl (C=O) groups is 2. The molecule has 0 aliphatic heterocycles. The van der Waals surface area contributed by atoms with Gasteiger partial charge in [0.25, 0.3) is 0 Å². The number of amides is 1. The summed E-state index contributed by atoms with van der Waals surface area (Å²) < 4.78 is 0. The minimum atomic E-state index is -0.866. The second-order valence-corrected chi connectivity index (χ2v) is 6.84. The molecule has 1 unspecified atom stereocenters. The first-order chi connectivity index (χ1) is 10.3. The van der Waals surface area contributed by atoms with Gasteiger partial charge in [0, 0.05) is 11.1 Å². The number of hydrogen-bond acceptors (Lipinski definition) is 2. The Morgan fingerprint density at radius 1 is 1.27 bits per heavy atom. The molecular formula is C18H25NO3. The van der Waals surface area contributed by atoms with Crippen molar-refractivity contribution in [2.45, 2.75) is 52.4 Å². The molecule has 1 fully saturated rings. The van der Waals surface area contributed by atoms with E-state index in [2.05, 4.69) is 5.32 Å². The van der Waals surface area contributed by atoms with Gasteiger partial charge in [-0.15, -0.1) is 0 Å². The maximum absolute atomic E-state index is 12.6. The van der Waals surface area contributed by atoms with E-state index in [9.17, 15) is 9.59 Å². The molecular weight excluding hydrogens is 278 g/mol. The van der Waals surface area contributed by atoms with Crippen molar-refractivity contribution in [1.82, 2.24) is 0 Å². The standard InChI is InChI=1S/C18H25NO3/c1-12(16(20)21)13-7-6-10-15(11-13)19-17(22)18(2,3)14-8-4-5-9-14/h6-7,10-12,14H,4-5,8-9H2,1-3H3,(H,19,22)(H,20,21). The summed E-state index contributed by atoms with van der Waals surface area (Å²) in [6.45, 7) is 5.65. The Balaban J connectivity index is 2.11. The van der Waals surface area contributed by atoms with Crippen LogP contribution in [0.1, 0.15) is 57.9 Å². The van der Waals surface area contributed by atoms with Gasteiger partial charge in [0.15, 0.2) is 0 Å². The van der Waals surface area contributed by atoms with Crippen molar-refractivity contribution < 1.29 is 14.7 Å². The van der Waals surface area contributed by atoms with Crippen LogP contribution < -0.4 is 5.32 Å². The minimum absolute atomic E-state index is 0.0135. The summed E-state index contributed by atoms with van der Waals surface area (Å²) in [5.41, 5.74) is 0.968. The molecule has 0 bridgehead atoms. The van der Waals surface area contributed by atoms with Crippen molar-refractivity contribution in [3.8, 4) is 0 Å². The lowest BCUT2D eigenvalue weighted by atomic mass is 9.77. The average Bonchev–Trinajstić information content (AvgIpc) is 3.01. The molecule has 0 radical (unpaired) electrons. The zero-order valence-corrected chi connectivity index (χ0v) is 13.6. The first kappa shape index (κ1) is 16.5. The Labute approximate surface area is 131 Å². The van der Waals surface area contributed by atoms with Gasteiger partial charge in [-0.2, -0.15) is 0 Å². The maximum atomic E-state index is 12.6. The minimum Gasteiger partial charge on any atom is -0.481 e. The highest BCUT2D eigenvalue weighted by Crippen LogP contribution is 2.40. The van der Waals surface area contributed by atoms with Gasteiger partial charge < -0.3 is 10.4 Å². The SMILES string of the molecule is CC(C(=O)O)c1cccc(NC(=O)C(C)(C)C2CCCC2)c1. The Morgan fingerprint density at radius 3 is 2.50 bits per heavy atom. The Morgan fingerprint density at radius 2 is 1.91 bits per heavy atom. The molecule has 1 aromatic rings. The highest BCUT2D eigenvalue weighted by molar-refractivity contribution is 5.95. The number of carboxylic acid groups (broad SMARTS) is 1. The van der Waals surface area contributed by atoms with Crippen molar-refractivity contribution in [1.29, 1.82) is 0 Å². The Bertz CT molecular complexity index is 559. The molecule has 1 amide bonds. The predicted molar refractivity (Wildman–Crippen MR) is 86.9 cm³/mol. The topological polar surface area (TPSA) is 66.4 Å². The zero-order chi connectivity index (χ0) is 16.3. The number of rotatable bonds is 5. The van der Waals surface area contributed by atoms with Crippen LogP contribution in [-0.2, 0) is 9.59 Å². The highest BCUT2D eigenvalue weighted by Gasteiger charge is 2.38. The summed E-state index contributed by atoms with van der Waals surface area (Å²) in [5.74, 6) is -1.01. The van der Waals surface area contributed by atoms with E-state index >= 15 is 0 Å². The molecule has 2 rings (SSSR count). The van der Waals surface area contributed by atoms with Crippen LogP contribution in [0.15, 0.2) is 24.3 Å².